The molecule has 0 spiro atoms. The molecule has 0 aromatic carbocycles. The predicted molar refractivity (Wildman–Crippen MR) is 68.6 cm³/mol. The number of nitrogens with one attached hydrogen (secondary N) is 1. The third-order valence-corrected chi connectivity index (χ3v) is 2.77. The quantitative estimate of drug-likeness (QED) is 0.290. The van der Waals surface area contributed by atoms with Crippen molar-refractivity contribution in [2.75, 3.05) is 6.54 Å². The second-order valence-electron chi connectivity index (χ2n) is 4.16. The Hall–Kier alpha value is -1.39. The average Bonchev–Trinajstić information content (AvgIpc) is 2.29. The fourth-order valence-corrected chi connectivity index (χ4v) is 1.57. The molecule has 0 aliphatic heterocycles. The molecule has 1 unspecified atom stereocenters. The molecule has 5 nitrogen and oxygen atoms in total. The smallest absolute Gasteiger partial charge is 0.275 e. The van der Waals surface area contributed by atoms with Gasteiger partial charge in [0.25, 0.3) is 5.91 Å². The van der Waals surface area contributed by atoms with Gasteiger partial charge in [-0.05, 0) is 12.3 Å². The van der Waals surface area contributed by atoms with Gasteiger partial charge in [-0.1, -0.05) is 33.1 Å². The first-order valence-corrected chi connectivity index (χ1v) is 6.13. The van der Waals surface area contributed by atoms with Gasteiger partial charge < -0.3 is 11.2 Å². The third-order valence-electron chi connectivity index (χ3n) is 2.77. The second kappa shape index (κ2) is 8.73. The summed E-state index contributed by atoms with van der Waals surface area (Å²) in [6.07, 6.45) is 4.39. The summed E-state index contributed by atoms with van der Waals surface area (Å²) in [5.41, 5.74) is -0.213. The van der Waals surface area contributed by atoms with Crippen molar-refractivity contribution < 1.29 is 9.59 Å². The molecule has 0 radical (unpaired) electrons. The fraction of sp³-hybridized carbons (Fsp3) is 0.750. The van der Waals surface area contributed by atoms with E-state index in [-0.39, 0.29) is 5.71 Å². The van der Waals surface area contributed by atoms with Crippen molar-refractivity contribution >= 4 is 17.4 Å². The van der Waals surface area contributed by atoms with Crippen LogP contribution in [0.25, 0.3) is 0 Å². The molecule has 0 bridgehead atoms. The van der Waals surface area contributed by atoms with Gasteiger partial charge in [-0.3, -0.25) is 9.59 Å². The molecule has 0 fully saturated rings. The maximum Gasteiger partial charge on any atom is 0.275 e. The van der Waals surface area contributed by atoms with Gasteiger partial charge in [0.2, 0.25) is 0 Å². The van der Waals surface area contributed by atoms with Crippen LogP contribution >= 0.6 is 0 Å². The van der Waals surface area contributed by atoms with Crippen LogP contribution in [0.3, 0.4) is 0 Å². The zero-order chi connectivity index (χ0) is 13.3. The van der Waals surface area contributed by atoms with E-state index in [4.69, 9.17) is 5.84 Å². The molecular weight excluding hydrogens is 218 g/mol. The van der Waals surface area contributed by atoms with E-state index >= 15 is 0 Å². The number of unbranched alkanes of at least 4 members (excludes halogenated alkanes) is 1. The van der Waals surface area contributed by atoms with E-state index in [0.29, 0.717) is 12.5 Å². The summed E-state index contributed by atoms with van der Waals surface area (Å²) in [7, 11) is 0. The summed E-state index contributed by atoms with van der Waals surface area (Å²) in [6, 6.07) is 0. The number of nitrogens with zero attached hydrogens (tertiary/aromatic N) is 1. The lowest BCUT2D eigenvalue weighted by molar-refractivity contribution is -0.117. The minimum atomic E-state index is -0.477. The molecule has 1 amide bonds. The van der Waals surface area contributed by atoms with Crippen molar-refractivity contribution in [1.29, 1.82) is 0 Å². The molecule has 5 heteroatoms. The van der Waals surface area contributed by atoms with Gasteiger partial charge in [0.15, 0.2) is 11.5 Å². The Kier molecular flexibility index (Phi) is 8.01. The van der Waals surface area contributed by atoms with E-state index in [0.717, 1.165) is 25.7 Å². The average molecular weight is 241 g/mol. The van der Waals surface area contributed by atoms with E-state index in [2.05, 4.69) is 24.3 Å². The molecular formula is C12H23N3O2. The van der Waals surface area contributed by atoms with Crippen LogP contribution in [0.5, 0.6) is 0 Å². The standard InChI is InChI=1S/C12H23N3O2/c1-4-6-7-10(5-2)8-14-12(17)11(15-13)9(3)16/h10H,4-8,13H2,1-3H3,(H,14,17)/b15-11-. The lowest BCUT2D eigenvalue weighted by Gasteiger charge is -2.15. The van der Waals surface area contributed by atoms with Crippen LogP contribution in [-0.4, -0.2) is 23.9 Å². The van der Waals surface area contributed by atoms with Gasteiger partial charge in [0.05, 0.1) is 0 Å². The number of carbonyl (C=O) groups excluding carboxylic acids is 2. The minimum Gasteiger partial charge on any atom is -0.350 e. The maximum atomic E-state index is 11.6. The van der Waals surface area contributed by atoms with E-state index in [1.807, 2.05) is 0 Å². The lowest BCUT2D eigenvalue weighted by atomic mass is 9.99. The van der Waals surface area contributed by atoms with Gasteiger partial charge >= 0.3 is 0 Å². The molecule has 0 aromatic rings. The number of hydrogen-bond donors (Lipinski definition) is 2. The van der Waals surface area contributed by atoms with E-state index in [1.54, 1.807) is 0 Å². The largest absolute Gasteiger partial charge is 0.350 e. The summed E-state index contributed by atoms with van der Waals surface area (Å²) in [5.74, 6) is 4.56. The minimum absolute atomic E-state index is 0.213. The third kappa shape index (κ3) is 6.04. The van der Waals surface area contributed by atoms with Crippen LogP contribution in [0.2, 0.25) is 0 Å². The van der Waals surface area contributed by atoms with Crippen LogP contribution in [0.4, 0.5) is 0 Å². The van der Waals surface area contributed by atoms with Crippen LogP contribution in [0.1, 0.15) is 46.5 Å². The van der Waals surface area contributed by atoms with Crippen molar-refractivity contribution in [3.63, 3.8) is 0 Å². The van der Waals surface area contributed by atoms with E-state index in [9.17, 15) is 9.59 Å². The number of carbonyl (C=O) groups is 2. The number of Topliss-reactive ketones (excluding diaryl/α,β-unsaturated/α-hetero) is 1. The maximum absolute atomic E-state index is 11.6. The Morgan fingerprint density at radius 3 is 2.41 bits per heavy atom. The van der Waals surface area contributed by atoms with Crippen LogP contribution < -0.4 is 11.2 Å². The summed E-state index contributed by atoms with van der Waals surface area (Å²) in [6.45, 7) is 6.08. The Balaban J connectivity index is 4.16. The van der Waals surface area contributed by atoms with Crippen molar-refractivity contribution in [3.05, 3.63) is 0 Å². The zero-order valence-corrected chi connectivity index (χ0v) is 11.0. The Morgan fingerprint density at radius 2 is 2.00 bits per heavy atom. The number of ketones is 1. The van der Waals surface area contributed by atoms with Gasteiger partial charge in [0, 0.05) is 13.5 Å². The topological polar surface area (TPSA) is 84.6 Å². The summed E-state index contributed by atoms with van der Waals surface area (Å²) >= 11 is 0. The molecule has 0 saturated carbocycles. The first-order chi connectivity index (χ1) is 8.06. The Bertz CT molecular complexity index is 287. The lowest BCUT2D eigenvalue weighted by Crippen LogP contribution is -2.38. The molecule has 0 aliphatic rings. The highest BCUT2D eigenvalue weighted by Gasteiger charge is 2.17. The molecule has 0 rings (SSSR count). The zero-order valence-electron chi connectivity index (χ0n) is 11.0. The first-order valence-electron chi connectivity index (χ1n) is 6.13. The fourth-order valence-electron chi connectivity index (χ4n) is 1.57. The van der Waals surface area contributed by atoms with E-state index in [1.165, 1.54) is 6.92 Å². The van der Waals surface area contributed by atoms with Gasteiger partial charge in [0.1, 0.15) is 0 Å². The number of amides is 1. The van der Waals surface area contributed by atoms with Crippen molar-refractivity contribution in [3.8, 4) is 0 Å². The summed E-state index contributed by atoms with van der Waals surface area (Å²) in [5, 5.41) is 5.91. The van der Waals surface area contributed by atoms with Crippen LogP contribution in [-0.2, 0) is 9.59 Å². The van der Waals surface area contributed by atoms with Gasteiger partial charge in [-0.2, -0.15) is 5.10 Å². The molecule has 0 saturated heterocycles. The molecule has 3 N–H and O–H groups in total. The molecule has 1 atom stereocenters. The molecule has 17 heavy (non-hydrogen) atoms. The summed E-state index contributed by atoms with van der Waals surface area (Å²) < 4.78 is 0. The highest BCUT2D eigenvalue weighted by atomic mass is 16.2. The molecule has 0 aliphatic carbocycles. The highest BCUT2D eigenvalue weighted by Crippen LogP contribution is 2.11. The second-order valence-corrected chi connectivity index (χ2v) is 4.16. The number of hydrogen-bond acceptors (Lipinski definition) is 4. The Morgan fingerprint density at radius 1 is 1.35 bits per heavy atom. The van der Waals surface area contributed by atoms with Gasteiger partial charge in [-0.25, -0.2) is 0 Å². The van der Waals surface area contributed by atoms with Crippen molar-refractivity contribution in [2.24, 2.45) is 16.9 Å². The molecule has 0 aromatic heterocycles. The SMILES string of the molecule is CCCCC(CC)CNC(=O)/C(=N\N)C(C)=O. The first kappa shape index (κ1) is 15.6. The Labute approximate surface area is 103 Å². The summed E-state index contributed by atoms with van der Waals surface area (Å²) in [4.78, 5) is 22.6. The monoisotopic (exact) mass is 241 g/mol. The number of hydrazone groups is 1. The van der Waals surface area contributed by atoms with Gasteiger partial charge in [-0.15, -0.1) is 0 Å². The van der Waals surface area contributed by atoms with Crippen molar-refractivity contribution in [2.45, 2.75) is 46.5 Å². The van der Waals surface area contributed by atoms with Crippen LogP contribution in [0.15, 0.2) is 5.10 Å². The highest BCUT2D eigenvalue weighted by molar-refractivity contribution is 6.65. The van der Waals surface area contributed by atoms with Crippen LogP contribution in [0, 0.1) is 5.92 Å². The number of rotatable bonds is 8. The van der Waals surface area contributed by atoms with Crippen molar-refractivity contribution in [1.82, 2.24) is 5.32 Å². The normalized spacial score (nSPS) is 13.2. The predicted octanol–water partition coefficient (Wildman–Crippen LogP) is 1.22. The molecule has 0 heterocycles. The number of nitrogens with two attached hydrogens (primary N) is 1. The van der Waals surface area contributed by atoms with E-state index < -0.39 is 11.7 Å². The molecule has 98 valence electrons.